The number of carbonyl (C=O) groups is 2. The van der Waals surface area contributed by atoms with Gasteiger partial charge in [-0.1, -0.05) is 13.3 Å². The minimum absolute atomic E-state index is 0.131. The van der Waals surface area contributed by atoms with E-state index in [1.54, 1.807) is 0 Å². The lowest BCUT2D eigenvalue weighted by molar-refractivity contribution is -0.146. The van der Waals surface area contributed by atoms with Gasteiger partial charge in [0, 0.05) is 17.9 Å². The molecule has 0 bridgehead atoms. The van der Waals surface area contributed by atoms with Gasteiger partial charge in [-0.3, -0.25) is 9.59 Å². The van der Waals surface area contributed by atoms with E-state index in [-0.39, 0.29) is 17.7 Å². The zero-order valence-corrected chi connectivity index (χ0v) is 14.8. The van der Waals surface area contributed by atoms with E-state index in [1.165, 1.54) is 6.42 Å². The van der Waals surface area contributed by atoms with Gasteiger partial charge >= 0.3 is 5.97 Å². The minimum Gasteiger partial charge on any atom is -0.481 e. The molecule has 0 radical (unpaired) electrons. The second-order valence-corrected chi connectivity index (χ2v) is 8.22. The van der Waals surface area contributed by atoms with Crippen LogP contribution in [-0.4, -0.2) is 27.9 Å². The van der Waals surface area contributed by atoms with Crippen molar-refractivity contribution >= 4 is 11.9 Å². The molecule has 3 aliphatic carbocycles. The zero-order valence-electron chi connectivity index (χ0n) is 14.8. The highest BCUT2D eigenvalue weighted by molar-refractivity contribution is 5.81. The van der Waals surface area contributed by atoms with Gasteiger partial charge < -0.3 is 14.4 Å². The molecule has 4 atom stereocenters. The monoisotopic (exact) mass is 345 g/mol. The van der Waals surface area contributed by atoms with Crippen molar-refractivity contribution < 1.29 is 19.1 Å². The number of furan rings is 1. The van der Waals surface area contributed by atoms with Crippen LogP contribution in [0.3, 0.4) is 0 Å². The average Bonchev–Trinajstić information content (AvgIpc) is 3.53. The highest BCUT2D eigenvalue weighted by Crippen LogP contribution is 2.47. The van der Waals surface area contributed by atoms with Crippen molar-refractivity contribution in [2.24, 2.45) is 17.8 Å². The second-order valence-electron chi connectivity index (χ2n) is 8.22. The molecular formula is C20H27NO4. The summed E-state index contributed by atoms with van der Waals surface area (Å²) in [5, 5.41) is 9.28. The number of carboxylic acid groups (broad SMARTS) is 1. The van der Waals surface area contributed by atoms with Crippen LogP contribution in [0.25, 0.3) is 0 Å². The summed E-state index contributed by atoms with van der Waals surface area (Å²) >= 11 is 0. The number of aliphatic carboxylic acids is 1. The fourth-order valence-corrected chi connectivity index (χ4v) is 4.21. The van der Waals surface area contributed by atoms with Crippen molar-refractivity contribution in [2.75, 3.05) is 0 Å². The molecule has 25 heavy (non-hydrogen) atoms. The fourth-order valence-electron chi connectivity index (χ4n) is 4.21. The van der Waals surface area contributed by atoms with Crippen molar-refractivity contribution in [1.29, 1.82) is 0 Å². The van der Waals surface area contributed by atoms with Crippen LogP contribution in [0.2, 0.25) is 0 Å². The van der Waals surface area contributed by atoms with Crippen molar-refractivity contribution in [2.45, 2.75) is 70.4 Å². The number of carbonyl (C=O) groups excluding carboxylic acids is 1. The predicted octanol–water partition coefficient (Wildman–Crippen LogP) is 3.79. The Labute approximate surface area is 148 Å². The number of hydrogen-bond acceptors (Lipinski definition) is 3. The number of amides is 1. The van der Waals surface area contributed by atoms with Crippen molar-refractivity contribution in [3.63, 3.8) is 0 Å². The van der Waals surface area contributed by atoms with Gasteiger partial charge in [-0.15, -0.1) is 0 Å². The summed E-state index contributed by atoms with van der Waals surface area (Å²) in [7, 11) is 0. The van der Waals surface area contributed by atoms with Gasteiger partial charge in [0.1, 0.15) is 11.5 Å². The molecule has 1 N–H and O–H groups in total. The molecule has 3 fully saturated rings. The van der Waals surface area contributed by atoms with Crippen LogP contribution in [0, 0.1) is 17.8 Å². The highest BCUT2D eigenvalue weighted by atomic mass is 16.4. The van der Waals surface area contributed by atoms with Gasteiger partial charge in [-0.05, 0) is 56.6 Å². The molecule has 0 aromatic carbocycles. The number of rotatable bonds is 6. The Kier molecular flexibility index (Phi) is 4.34. The first-order valence-corrected chi connectivity index (χ1v) is 9.65. The quantitative estimate of drug-likeness (QED) is 0.851. The first kappa shape index (κ1) is 16.7. The van der Waals surface area contributed by atoms with E-state index in [2.05, 4.69) is 13.0 Å². The van der Waals surface area contributed by atoms with E-state index < -0.39 is 5.97 Å². The Balaban J connectivity index is 1.43. The van der Waals surface area contributed by atoms with Gasteiger partial charge in [-0.2, -0.15) is 0 Å². The van der Waals surface area contributed by atoms with Crippen molar-refractivity contribution in [3.05, 3.63) is 23.7 Å². The molecule has 4 unspecified atom stereocenters. The zero-order chi connectivity index (χ0) is 17.6. The Morgan fingerprint density at radius 3 is 2.52 bits per heavy atom. The maximum Gasteiger partial charge on any atom is 0.306 e. The van der Waals surface area contributed by atoms with Crippen LogP contribution < -0.4 is 0 Å². The van der Waals surface area contributed by atoms with Gasteiger partial charge in [0.2, 0.25) is 5.91 Å². The molecule has 1 amide bonds. The van der Waals surface area contributed by atoms with Gasteiger partial charge in [-0.25, -0.2) is 0 Å². The van der Waals surface area contributed by atoms with Crippen molar-refractivity contribution in [3.8, 4) is 0 Å². The van der Waals surface area contributed by atoms with Crippen LogP contribution in [0.1, 0.15) is 69.3 Å². The largest absolute Gasteiger partial charge is 0.481 e. The molecule has 1 heterocycles. The molecule has 5 nitrogen and oxygen atoms in total. The molecule has 0 saturated heterocycles. The van der Waals surface area contributed by atoms with E-state index in [1.807, 2.05) is 11.0 Å². The average molecular weight is 345 g/mol. The minimum atomic E-state index is -0.760. The maximum absolute atomic E-state index is 13.0. The number of carboxylic acids is 1. The molecule has 3 saturated carbocycles. The smallest absolute Gasteiger partial charge is 0.306 e. The molecule has 0 spiro atoms. The van der Waals surface area contributed by atoms with Gasteiger partial charge in [0.05, 0.1) is 12.5 Å². The summed E-state index contributed by atoms with van der Waals surface area (Å²) in [5.41, 5.74) is 0. The van der Waals surface area contributed by atoms with E-state index in [9.17, 15) is 14.7 Å². The molecule has 0 aliphatic heterocycles. The summed E-state index contributed by atoms with van der Waals surface area (Å²) in [6.07, 6.45) is 6.12. The lowest BCUT2D eigenvalue weighted by atomic mass is 9.80. The Morgan fingerprint density at radius 2 is 1.88 bits per heavy atom. The molecular weight excluding hydrogens is 318 g/mol. The topological polar surface area (TPSA) is 70.8 Å². The first-order chi connectivity index (χ1) is 12.0. The number of nitrogens with zero attached hydrogens (tertiary/aromatic N) is 1. The van der Waals surface area contributed by atoms with Gasteiger partial charge in [0.25, 0.3) is 0 Å². The molecule has 136 valence electrons. The Hall–Kier alpha value is -1.78. The third kappa shape index (κ3) is 3.60. The van der Waals surface area contributed by atoms with E-state index in [0.717, 1.165) is 37.2 Å². The summed E-state index contributed by atoms with van der Waals surface area (Å²) in [5.74, 6) is 2.03. The predicted molar refractivity (Wildman–Crippen MR) is 91.9 cm³/mol. The molecule has 3 aliphatic rings. The standard InChI is InChI=1S/C20H27NO4/c1-12-9-17(12)18-8-7-16(25-18)11-21(15-5-6-15)19(22)13-3-2-4-14(10-13)20(23)24/h7-8,12-15,17H,2-6,9-11H2,1H3,(H,23,24). The maximum atomic E-state index is 13.0. The molecule has 1 aromatic heterocycles. The first-order valence-electron chi connectivity index (χ1n) is 9.65. The van der Waals surface area contributed by atoms with E-state index in [4.69, 9.17) is 4.42 Å². The second kappa shape index (κ2) is 6.50. The Bertz CT molecular complexity index is 662. The summed E-state index contributed by atoms with van der Waals surface area (Å²) < 4.78 is 6.00. The highest BCUT2D eigenvalue weighted by Gasteiger charge is 2.40. The van der Waals surface area contributed by atoms with Crippen LogP contribution in [0.4, 0.5) is 0 Å². The van der Waals surface area contributed by atoms with Gasteiger partial charge in [0.15, 0.2) is 0 Å². The SMILES string of the molecule is CC1CC1c1ccc(CN(C(=O)C2CCCC(C(=O)O)C2)C2CC2)o1. The lowest BCUT2D eigenvalue weighted by Crippen LogP contribution is -2.40. The summed E-state index contributed by atoms with van der Waals surface area (Å²) in [6, 6.07) is 4.37. The van der Waals surface area contributed by atoms with Crippen LogP contribution in [0.15, 0.2) is 16.5 Å². The van der Waals surface area contributed by atoms with E-state index >= 15 is 0 Å². The molecule has 1 aromatic rings. The number of hydrogen-bond donors (Lipinski definition) is 1. The van der Waals surface area contributed by atoms with E-state index in [0.29, 0.717) is 37.3 Å². The van der Waals surface area contributed by atoms with Crippen LogP contribution in [0.5, 0.6) is 0 Å². The van der Waals surface area contributed by atoms with Crippen LogP contribution in [-0.2, 0) is 16.1 Å². The molecule has 4 rings (SSSR count). The summed E-state index contributed by atoms with van der Waals surface area (Å²) in [4.78, 5) is 26.3. The lowest BCUT2D eigenvalue weighted by Gasteiger charge is -2.31. The Morgan fingerprint density at radius 1 is 1.16 bits per heavy atom. The normalized spacial score (nSPS) is 31.6. The fraction of sp³-hybridized carbons (Fsp3) is 0.700. The van der Waals surface area contributed by atoms with Crippen molar-refractivity contribution in [1.82, 2.24) is 4.90 Å². The van der Waals surface area contributed by atoms with Crippen LogP contribution >= 0.6 is 0 Å². The third-order valence-corrected chi connectivity index (χ3v) is 6.13. The molecule has 5 heteroatoms. The third-order valence-electron chi connectivity index (χ3n) is 6.13. The summed E-state index contributed by atoms with van der Waals surface area (Å²) in [6.45, 7) is 2.76.